The Bertz CT molecular complexity index is 1300. The molecular formula is C24H22N4O3. The highest BCUT2D eigenvalue weighted by Crippen LogP contribution is 2.21. The molecule has 0 saturated heterocycles. The van der Waals surface area contributed by atoms with Crippen LogP contribution in [0.2, 0.25) is 0 Å². The lowest BCUT2D eigenvalue weighted by Crippen LogP contribution is -2.45. The number of aromatic nitrogens is 3. The summed E-state index contributed by atoms with van der Waals surface area (Å²) >= 11 is 0. The van der Waals surface area contributed by atoms with E-state index in [0.29, 0.717) is 29.9 Å². The SMILES string of the molecule is C[C@@H](Oc1ccccc1)C(=O)N1CCc2nc3cc(-c4ccccc4)[nH]n3c(=O)c2C1. The van der Waals surface area contributed by atoms with Crippen molar-refractivity contribution in [3.63, 3.8) is 0 Å². The highest BCUT2D eigenvalue weighted by Gasteiger charge is 2.29. The van der Waals surface area contributed by atoms with E-state index in [2.05, 4.69) is 5.10 Å². The molecule has 5 rings (SSSR count). The summed E-state index contributed by atoms with van der Waals surface area (Å²) in [5.41, 5.74) is 3.52. The summed E-state index contributed by atoms with van der Waals surface area (Å²) < 4.78 is 7.23. The Kier molecular flexibility index (Phi) is 4.78. The van der Waals surface area contributed by atoms with Crippen LogP contribution in [0.4, 0.5) is 0 Å². The minimum Gasteiger partial charge on any atom is -0.481 e. The van der Waals surface area contributed by atoms with E-state index in [0.717, 1.165) is 17.0 Å². The van der Waals surface area contributed by atoms with E-state index in [-0.39, 0.29) is 18.0 Å². The normalized spacial score (nSPS) is 14.3. The molecule has 4 aromatic rings. The molecule has 156 valence electrons. The summed E-state index contributed by atoms with van der Waals surface area (Å²) in [4.78, 5) is 32.5. The Morgan fingerprint density at radius 1 is 1.10 bits per heavy atom. The fourth-order valence-electron chi connectivity index (χ4n) is 3.95. The van der Waals surface area contributed by atoms with Gasteiger partial charge in [-0.2, -0.15) is 0 Å². The van der Waals surface area contributed by atoms with E-state index in [1.54, 1.807) is 11.8 Å². The van der Waals surface area contributed by atoms with Crippen molar-refractivity contribution in [2.45, 2.75) is 26.0 Å². The van der Waals surface area contributed by atoms with Gasteiger partial charge in [-0.3, -0.25) is 14.7 Å². The molecular weight excluding hydrogens is 392 g/mol. The van der Waals surface area contributed by atoms with E-state index in [1.165, 1.54) is 4.52 Å². The number of hydrogen-bond acceptors (Lipinski definition) is 4. The van der Waals surface area contributed by atoms with Crippen molar-refractivity contribution in [1.82, 2.24) is 19.5 Å². The molecule has 7 heteroatoms. The van der Waals surface area contributed by atoms with E-state index in [1.807, 2.05) is 66.7 Å². The lowest BCUT2D eigenvalue weighted by atomic mass is 10.1. The highest BCUT2D eigenvalue weighted by atomic mass is 16.5. The number of rotatable bonds is 4. The number of nitrogens with one attached hydrogen (secondary N) is 1. The largest absolute Gasteiger partial charge is 0.481 e. The fourth-order valence-corrected chi connectivity index (χ4v) is 3.95. The first-order valence-corrected chi connectivity index (χ1v) is 10.3. The number of para-hydroxylation sites is 1. The van der Waals surface area contributed by atoms with Gasteiger partial charge in [0.1, 0.15) is 5.75 Å². The zero-order valence-electron chi connectivity index (χ0n) is 17.1. The van der Waals surface area contributed by atoms with Gasteiger partial charge in [-0.1, -0.05) is 48.5 Å². The van der Waals surface area contributed by atoms with Crippen molar-refractivity contribution in [3.05, 3.63) is 88.3 Å². The van der Waals surface area contributed by atoms with Crippen molar-refractivity contribution in [1.29, 1.82) is 0 Å². The summed E-state index contributed by atoms with van der Waals surface area (Å²) in [5.74, 6) is 0.500. The molecule has 0 saturated carbocycles. The number of amides is 1. The van der Waals surface area contributed by atoms with Gasteiger partial charge in [0.25, 0.3) is 11.5 Å². The number of benzene rings is 2. The minimum atomic E-state index is -0.640. The van der Waals surface area contributed by atoms with Gasteiger partial charge in [0.05, 0.1) is 23.5 Å². The zero-order chi connectivity index (χ0) is 21.4. The summed E-state index contributed by atoms with van der Waals surface area (Å²) in [6.45, 7) is 2.47. The number of carbonyl (C=O) groups excluding carboxylic acids is 1. The average Bonchev–Trinajstić information content (AvgIpc) is 3.24. The van der Waals surface area contributed by atoms with Gasteiger partial charge < -0.3 is 9.64 Å². The third-order valence-corrected chi connectivity index (χ3v) is 5.56. The van der Waals surface area contributed by atoms with Crippen LogP contribution in [-0.2, 0) is 17.8 Å². The summed E-state index contributed by atoms with van der Waals surface area (Å²) in [7, 11) is 0. The van der Waals surface area contributed by atoms with E-state index in [4.69, 9.17) is 9.72 Å². The van der Waals surface area contributed by atoms with E-state index in [9.17, 15) is 9.59 Å². The molecule has 2 aromatic carbocycles. The number of ether oxygens (including phenoxy) is 1. The zero-order valence-corrected chi connectivity index (χ0v) is 17.1. The van der Waals surface area contributed by atoms with Crippen LogP contribution in [0.15, 0.2) is 71.5 Å². The summed E-state index contributed by atoms with van der Waals surface area (Å²) in [6.07, 6.45) is -0.102. The van der Waals surface area contributed by atoms with Crippen molar-refractivity contribution >= 4 is 11.6 Å². The second kappa shape index (κ2) is 7.75. The summed E-state index contributed by atoms with van der Waals surface area (Å²) in [6, 6.07) is 20.9. The lowest BCUT2D eigenvalue weighted by molar-refractivity contribution is -0.138. The first kappa shape index (κ1) is 19.1. The Morgan fingerprint density at radius 2 is 1.81 bits per heavy atom. The number of aromatic amines is 1. The van der Waals surface area contributed by atoms with Crippen LogP contribution >= 0.6 is 0 Å². The maximum atomic E-state index is 13.2. The first-order chi connectivity index (χ1) is 15.1. The molecule has 1 N–H and O–H groups in total. The molecule has 1 amide bonds. The average molecular weight is 414 g/mol. The molecule has 0 fully saturated rings. The lowest BCUT2D eigenvalue weighted by Gasteiger charge is -2.30. The second-order valence-corrected chi connectivity index (χ2v) is 7.65. The van der Waals surface area contributed by atoms with Crippen LogP contribution in [0, 0.1) is 0 Å². The molecule has 0 spiro atoms. The number of fused-ring (bicyclic) bond motifs is 2. The van der Waals surface area contributed by atoms with E-state index < -0.39 is 6.10 Å². The van der Waals surface area contributed by atoms with Gasteiger partial charge in [0.15, 0.2) is 11.8 Å². The van der Waals surface area contributed by atoms with Crippen LogP contribution in [-0.4, -0.2) is 38.1 Å². The van der Waals surface area contributed by atoms with Gasteiger partial charge >= 0.3 is 0 Å². The number of hydrogen-bond donors (Lipinski definition) is 1. The van der Waals surface area contributed by atoms with Crippen molar-refractivity contribution < 1.29 is 9.53 Å². The number of H-pyrrole nitrogens is 1. The quantitative estimate of drug-likeness (QED) is 0.557. The number of carbonyl (C=O) groups is 1. The van der Waals surface area contributed by atoms with Gasteiger partial charge in [-0.25, -0.2) is 9.50 Å². The topological polar surface area (TPSA) is 79.7 Å². The van der Waals surface area contributed by atoms with Crippen molar-refractivity contribution in [2.75, 3.05) is 6.54 Å². The Balaban J connectivity index is 1.41. The Morgan fingerprint density at radius 3 is 2.55 bits per heavy atom. The standard InChI is InChI=1S/C24H22N4O3/c1-16(31-18-10-6-3-7-11-18)23(29)27-13-12-20-19(15-27)24(30)28-22(25-20)14-21(26-28)17-8-4-2-5-9-17/h2-11,14,16,26H,12-13,15H2,1H3/t16-/m1/s1. The third kappa shape index (κ3) is 3.59. The minimum absolute atomic E-state index is 0.143. The molecule has 0 radical (unpaired) electrons. The monoisotopic (exact) mass is 414 g/mol. The van der Waals surface area contributed by atoms with Crippen LogP contribution in [0.3, 0.4) is 0 Å². The fraction of sp³-hybridized carbons (Fsp3) is 0.208. The van der Waals surface area contributed by atoms with Gasteiger partial charge in [0, 0.05) is 19.0 Å². The van der Waals surface area contributed by atoms with Crippen LogP contribution in [0.5, 0.6) is 5.75 Å². The van der Waals surface area contributed by atoms with Crippen LogP contribution in [0.25, 0.3) is 16.9 Å². The maximum Gasteiger partial charge on any atom is 0.277 e. The van der Waals surface area contributed by atoms with Gasteiger partial charge in [0.2, 0.25) is 0 Å². The van der Waals surface area contributed by atoms with Gasteiger partial charge in [-0.15, -0.1) is 0 Å². The molecule has 2 aromatic heterocycles. The highest BCUT2D eigenvalue weighted by molar-refractivity contribution is 5.81. The number of nitrogens with zero attached hydrogens (tertiary/aromatic N) is 3. The van der Waals surface area contributed by atoms with Gasteiger partial charge in [-0.05, 0) is 24.6 Å². The van der Waals surface area contributed by atoms with Crippen molar-refractivity contribution in [2.24, 2.45) is 0 Å². The predicted octanol–water partition coefficient (Wildman–Crippen LogP) is 3.04. The Labute approximate surface area is 178 Å². The molecule has 3 heterocycles. The molecule has 0 aliphatic carbocycles. The molecule has 7 nitrogen and oxygen atoms in total. The summed E-state index contributed by atoms with van der Waals surface area (Å²) in [5, 5.41) is 3.14. The van der Waals surface area contributed by atoms with Crippen molar-refractivity contribution in [3.8, 4) is 17.0 Å². The predicted molar refractivity (Wildman–Crippen MR) is 117 cm³/mol. The second-order valence-electron chi connectivity index (χ2n) is 7.65. The Hall–Kier alpha value is -3.87. The van der Waals surface area contributed by atoms with Crippen LogP contribution in [0.1, 0.15) is 18.2 Å². The van der Waals surface area contributed by atoms with E-state index >= 15 is 0 Å². The smallest absolute Gasteiger partial charge is 0.277 e. The molecule has 1 aliphatic rings. The maximum absolute atomic E-state index is 13.2. The molecule has 0 bridgehead atoms. The molecule has 1 aliphatic heterocycles. The molecule has 0 unspecified atom stereocenters. The molecule has 31 heavy (non-hydrogen) atoms. The third-order valence-electron chi connectivity index (χ3n) is 5.56. The molecule has 1 atom stereocenters. The first-order valence-electron chi connectivity index (χ1n) is 10.3. The van der Waals surface area contributed by atoms with Crippen LogP contribution < -0.4 is 10.3 Å².